The van der Waals surface area contributed by atoms with Crippen molar-refractivity contribution in [3.63, 3.8) is 0 Å². The molecular weight excluding hydrogens is 226 g/mol. The molecule has 0 bridgehead atoms. The summed E-state index contributed by atoms with van der Waals surface area (Å²) >= 11 is 0. The third kappa shape index (κ3) is 2.80. The zero-order valence-corrected chi connectivity index (χ0v) is 11.6. The molecule has 0 amide bonds. The van der Waals surface area contributed by atoms with Gasteiger partial charge in [-0.2, -0.15) is 0 Å². The van der Waals surface area contributed by atoms with Gasteiger partial charge >= 0.3 is 0 Å². The van der Waals surface area contributed by atoms with Gasteiger partial charge in [0.15, 0.2) is 5.82 Å². The van der Waals surface area contributed by atoms with Crippen LogP contribution in [0.3, 0.4) is 0 Å². The summed E-state index contributed by atoms with van der Waals surface area (Å²) in [5, 5.41) is 3.43. The van der Waals surface area contributed by atoms with Crippen LogP contribution in [0.15, 0.2) is 0 Å². The molecule has 1 aromatic heterocycles. The maximum atomic E-state index is 5.59. The Labute approximate surface area is 109 Å². The van der Waals surface area contributed by atoms with Gasteiger partial charge in [-0.05, 0) is 39.5 Å². The molecule has 4 nitrogen and oxygen atoms in total. The number of anilines is 1. The summed E-state index contributed by atoms with van der Waals surface area (Å²) in [7, 11) is 0. The minimum absolute atomic E-state index is 0.0249. The Balaban J connectivity index is 2.26. The molecule has 0 saturated heterocycles. The number of hydrogen-bond acceptors (Lipinski definition) is 4. The molecule has 2 rings (SSSR count). The van der Waals surface area contributed by atoms with Gasteiger partial charge in [-0.1, -0.05) is 6.92 Å². The van der Waals surface area contributed by atoms with Gasteiger partial charge in [0.05, 0.1) is 0 Å². The van der Waals surface area contributed by atoms with Crippen molar-refractivity contribution in [1.82, 2.24) is 9.97 Å². The van der Waals surface area contributed by atoms with E-state index in [1.165, 1.54) is 17.7 Å². The lowest BCUT2D eigenvalue weighted by Gasteiger charge is -2.15. The molecule has 0 aliphatic heterocycles. The van der Waals surface area contributed by atoms with Crippen molar-refractivity contribution in [2.24, 2.45) is 0 Å². The van der Waals surface area contributed by atoms with Gasteiger partial charge in [-0.3, -0.25) is 0 Å². The number of rotatable bonds is 6. The summed E-state index contributed by atoms with van der Waals surface area (Å²) in [5.74, 6) is 1.84. The molecule has 1 aliphatic rings. The summed E-state index contributed by atoms with van der Waals surface area (Å²) in [4.78, 5) is 9.32. The first-order chi connectivity index (χ1) is 8.76. The van der Waals surface area contributed by atoms with Gasteiger partial charge in [-0.15, -0.1) is 0 Å². The van der Waals surface area contributed by atoms with E-state index in [0.717, 1.165) is 37.4 Å². The zero-order chi connectivity index (χ0) is 13.0. The lowest BCUT2D eigenvalue weighted by molar-refractivity contribution is 0.0700. The van der Waals surface area contributed by atoms with E-state index in [-0.39, 0.29) is 6.10 Å². The number of nitrogens with one attached hydrogen (secondary N) is 1. The summed E-state index contributed by atoms with van der Waals surface area (Å²) in [6, 6.07) is 0. The van der Waals surface area contributed by atoms with Crippen molar-refractivity contribution in [2.75, 3.05) is 18.5 Å². The highest BCUT2D eigenvalue weighted by molar-refractivity contribution is 5.48. The smallest absolute Gasteiger partial charge is 0.159 e. The van der Waals surface area contributed by atoms with E-state index in [0.29, 0.717) is 6.61 Å². The third-order valence-corrected chi connectivity index (χ3v) is 3.27. The Hall–Kier alpha value is -1.16. The molecule has 1 aliphatic carbocycles. The van der Waals surface area contributed by atoms with Crippen molar-refractivity contribution in [3.8, 4) is 0 Å². The summed E-state index contributed by atoms with van der Waals surface area (Å²) < 4.78 is 5.59. The number of hydrogen-bond donors (Lipinski definition) is 1. The van der Waals surface area contributed by atoms with Crippen molar-refractivity contribution in [2.45, 2.75) is 52.6 Å². The number of aromatic nitrogens is 2. The molecule has 4 heteroatoms. The minimum Gasteiger partial charge on any atom is -0.371 e. The van der Waals surface area contributed by atoms with Gasteiger partial charge in [0, 0.05) is 24.4 Å². The number of fused-ring (bicyclic) bond motifs is 1. The summed E-state index contributed by atoms with van der Waals surface area (Å²) in [6.45, 7) is 7.84. The van der Waals surface area contributed by atoms with Crippen LogP contribution in [-0.4, -0.2) is 23.1 Å². The average Bonchev–Trinajstić information content (AvgIpc) is 2.84. The highest BCUT2D eigenvalue weighted by Crippen LogP contribution is 2.28. The lowest BCUT2D eigenvalue weighted by Crippen LogP contribution is -2.12. The van der Waals surface area contributed by atoms with Crippen LogP contribution in [0.2, 0.25) is 0 Å². The highest BCUT2D eigenvalue weighted by atomic mass is 16.5. The SMILES string of the molecule is CCCNc1nc(C(C)OCC)nc2c1CCC2. The standard InChI is InChI=1S/C14H23N3O/c1-4-9-15-14-11-7-6-8-12(11)16-13(17-14)10(3)18-5-2/h10H,4-9H2,1-3H3,(H,15,16,17). The average molecular weight is 249 g/mol. The predicted molar refractivity (Wildman–Crippen MR) is 72.9 cm³/mol. The molecular formula is C14H23N3O. The maximum absolute atomic E-state index is 5.59. The summed E-state index contributed by atoms with van der Waals surface area (Å²) in [6.07, 6.45) is 4.45. The van der Waals surface area contributed by atoms with E-state index < -0.39 is 0 Å². The van der Waals surface area contributed by atoms with E-state index in [2.05, 4.69) is 22.2 Å². The van der Waals surface area contributed by atoms with Gasteiger partial charge in [-0.25, -0.2) is 9.97 Å². The normalized spacial score (nSPS) is 15.5. The van der Waals surface area contributed by atoms with E-state index in [1.807, 2.05) is 13.8 Å². The Morgan fingerprint density at radius 3 is 2.83 bits per heavy atom. The molecule has 0 fully saturated rings. The second-order valence-electron chi connectivity index (χ2n) is 4.73. The summed E-state index contributed by atoms with van der Waals surface area (Å²) in [5.41, 5.74) is 2.53. The molecule has 18 heavy (non-hydrogen) atoms. The Bertz CT molecular complexity index is 406. The molecule has 100 valence electrons. The van der Waals surface area contributed by atoms with Crippen molar-refractivity contribution in [1.29, 1.82) is 0 Å². The molecule has 1 atom stereocenters. The Morgan fingerprint density at radius 1 is 1.28 bits per heavy atom. The van der Waals surface area contributed by atoms with E-state index in [9.17, 15) is 0 Å². The van der Waals surface area contributed by atoms with E-state index in [4.69, 9.17) is 4.74 Å². The minimum atomic E-state index is -0.0249. The second kappa shape index (κ2) is 6.14. The first kappa shape index (κ1) is 13.3. The largest absolute Gasteiger partial charge is 0.371 e. The maximum Gasteiger partial charge on any atom is 0.159 e. The molecule has 0 spiro atoms. The lowest BCUT2D eigenvalue weighted by atomic mass is 10.2. The van der Waals surface area contributed by atoms with Crippen molar-refractivity contribution in [3.05, 3.63) is 17.1 Å². The zero-order valence-electron chi connectivity index (χ0n) is 11.6. The van der Waals surface area contributed by atoms with Gasteiger partial charge < -0.3 is 10.1 Å². The van der Waals surface area contributed by atoms with E-state index >= 15 is 0 Å². The molecule has 0 radical (unpaired) electrons. The first-order valence-electron chi connectivity index (χ1n) is 7.01. The predicted octanol–water partition coefficient (Wildman–Crippen LogP) is 2.88. The molecule has 0 aromatic carbocycles. The molecule has 1 unspecified atom stereocenters. The monoisotopic (exact) mass is 249 g/mol. The fourth-order valence-corrected chi connectivity index (χ4v) is 2.35. The van der Waals surface area contributed by atoms with Crippen LogP contribution in [0.1, 0.15) is 56.8 Å². The third-order valence-electron chi connectivity index (χ3n) is 3.27. The number of ether oxygens (including phenoxy) is 1. The van der Waals surface area contributed by atoms with Gasteiger partial charge in [0.2, 0.25) is 0 Å². The topological polar surface area (TPSA) is 47.0 Å². The van der Waals surface area contributed by atoms with Crippen LogP contribution in [0.5, 0.6) is 0 Å². The Kier molecular flexibility index (Phi) is 4.53. The highest BCUT2D eigenvalue weighted by Gasteiger charge is 2.21. The van der Waals surface area contributed by atoms with Gasteiger partial charge in [0.25, 0.3) is 0 Å². The first-order valence-corrected chi connectivity index (χ1v) is 7.01. The molecule has 1 N–H and O–H groups in total. The van der Waals surface area contributed by atoms with Crippen molar-refractivity contribution < 1.29 is 4.74 Å². The van der Waals surface area contributed by atoms with Crippen molar-refractivity contribution >= 4 is 5.82 Å². The number of nitrogens with zero attached hydrogens (tertiary/aromatic N) is 2. The van der Waals surface area contributed by atoms with Crippen LogP contribution in [-0.2, 0) is 17.6 Å². The van der Waals surface area contributed by atoms with E-state index in [1.54, 1.807) is 0 Å². The Morgan fingerprint density at radius 2 is 2.11 bits per heavy atom. The molecule has 1 heterocycles. The van der Waals surface area contributed by atoms with Crippen LogP contribution < -0.4 is 5.32 Å². The van der Waals surface area contributed by atoms with Crippen LogP contribution >= 0.6 is 0 Å². The fourth-order valence-electron chi connectivity index (χ4n) is 2.35. The van der Waals surface area contributed by atoms with Gasteiger partial charge in [0.1, 0.15) is 11.9 Å². The molecule has 1 aromatic rings. The van der Waals surface area contributed by atoms with Crippen LogP contribution in [0, 0.1) is 0 Å². The quantitative estimate of drug-likeness (QED) is 0.842. The van der Waals surface area contributed by atoms with Crippen LogP contribution in [0.25, 0.3) is 0 Å². The fraction of sp³-hybridized carbons (Fsp3) is 0.714. The van der Waals surface area contributed by atoms with Crippen LogP contribution in [0.4, 0.5) is 5.82 Å². The molecule has 0 saturated carbocycles. The second-order valence-corrected chi connectivity index (χ2v) is 4.73. The number of aryl methyl sites for hydroxylation is 1.